The molecule has 2 aromatic carbocycles. The largest absolute Gasteiger partial charge is 0.497 e. The lowest BCUT2D eigenvalue weighted by Crippen LogP contribution is -1.94. The van der Waals surface area contributed by atoms with E-state index in [1.165, 1.54) is 12.1 Å². The summed E-state index contributed by atoms with van der Waals surface area (Å²) in [5, 5.41) is 9.01. The van der Waals surface area contributed by atoms with Crippen molar-refractivity contribution in [3.63, 3.8) is 0 Å². The molecule has 0 bridgehead atoms. The highest BCUT2D eigenvalue weighted by molar-refractivity contribution is 5.92. The van der Waals surface area contributed by atoms with Gasteiger partial charge >= 0.3 is 5.97 Å². The zero-order chi connectivity index (χ0) is 15.7. The van der Waals surface area contributed by atoms with Gasteiger partial charge in [-0.25, -0.2) is 9.78 Å². The smallest absolute Gasteiger partial charge is 0.335 e. The third kappa shape index (κ3) is 2.46. The number of carboxylic acid groups (broad SMARTS) is 1. The van der Waals surface area contributed by atoms with Crippen LogP contribution in [0.4, 0.5) is 0 Å². The van der Waals surface area contributed by atoms with Gasteiger partial charge in [0.15, 0.2) is 5.58 Å². The van der Waals surface area contributed by atoms with Gasteiger partial charge in [-0.15, -0.1) is 0 Å². The first-order chi connectivity index (χ1) is 10.6. The van der Waals surface area contributed by atoms with E-state index >= 15 is 0 Å². The number of hydrogen-bond acceptors (Lipinski definition) is 5. The molecule has 1 aromatic heterocycles. The Hall–Kier alpha value is -3.02. The molecule has 0 saturated heterocycles. The molecular formula is C16H13NO5. The van der Waals surface area contributed by atoms with Gasteiger partial charge in [0.1, 0.15) is 17.0 Å². The van der Waals surface area contributed by atoms with Crippen LogP contribution in [0.5, 0.6) is 11.5 Å². The lowest BCUT2D eigenvalue weighted by Gasteiger charge is -2.05. The first kappa shape index (κ1) is 13.9. The van der Waals surface area contributed by atoms with Crippen LogP contribution >= 0.6 is 0 Å². The fourth-order valence-electron chi connectivity index (χ4n) is 2.11. The van der Waals surface area contributed by atoms with E-state index in [0.29, 0.717) is 34.1 Å². The highest BCUT2D eigenvalue weighted by Crippen LogP contribution is 2.31. The van der Waals surface area contributed by atoms with Crippen molar-refractivity contribution in [1.82, 2.24) is 4.98 Å². The topological polar surface area (TPSA) is 81.8 Å². The molecule has 3 aromatic rings. The Morgan fingerprint density at radius 2 is 1.77 bits per heavy atom. The summed E-state index contributed by atoms with van der Waals surface area (Å²) in [7, 11) is 3.12. The van der Waals surface area contributed by atoms with E-state index in [-0.39, 0.29) is 5.56 Å². The van der Waals surface area contributed by atoms with E-state index in [1.54, 1.807) is 38.5 Å². The summed E-state index contributed by atoms with van der Waals surface area (Å²) < 4.78 is 16.1. The first-order valence-electron chi connectivity index (χ1n) is 6.48. The van der Waals surface area contributed by atoms with Crippen molar-refractivity contribution in [2.24, 2.45) is 0 Å². The van der Waals surface area contributed by atoms with Crippen molar-refractivity contribution in [2.45, 2.75) is 0 Å². The number of ether oxygens (including phenoxy) is 2. The quantitative estimate of drug-likeness (QED) is 0.796. The van der Waals surface area contributed by atoms with E-state index in [2.05, 4.69) is 4.98 Å². The second kappa shape index (κ2) is 5.40. The summed E-state index contributed by atoms with van der Waals surface area (Å²) in [6.07, 6.45) is 0. The molecule has 0 radical (unpaired) electrons. The van der Waals surface area contributed by atoms with Crippen LogP contribution in [0, 0.1) is 0 Å². The molecule has 0 unspecified atom stereocenters. The van der Waals surface area contributed by atoms with Crippen molar-refractivity contribution < 1.29 is 23.8 Å². The second-order valence-corrected chi connectivity index (χ2v) is 4.61. The van der Waals surface area contributed by atoms with Crippen molar-refractivity contribution >= 4 is 17.1 Å². The highest BCUT2D eigenvalue weighted by atomic mass is 16.5. The molecule has 3 rings (SSSR count). The van der Waals surface area contributed by atoms with E-state index in [0.717, 1.165) is 0 Å². The predicted octanol–water partition coefficient (Wildman–Crippen LogP) is 3.21. The Kier molecular flexibility index (Phi) is 3.42. The molecule has 0 aliphatic heterocycles. The number of carbonyl (C=O) groups is 1. The number of fused-ring (bicyclic) bond motifs is 1. The summed E-state index contributed by atoms with van der Waals surface area (Å²) >= 11 is 0. The van der Waals surface area contributed by atoms with E-state index < -0.39 is 5.97 Å². The maximum Gasteiger partial charge on any atom is 0.335 e. The zero-order valence-electron chi connectivity index (χ0n) is 12.0. The van der Waals surface area contributed by atoms with Crippen LogP contribution < -0.4 is 9.47 Å². The van der Waals surface area contributed by atoms with Gasteiger partial charge < -0.3 is 19.0 Å². The Morgan fingerprint density at radius 3 is 2.36 bits per heavy atom. The van der Waals surface area contributed by atoms with Gasteiger partial charge in [-0.3, -0.25) is 0 Å². The molecule has 0 atom stereocenters. The molecule has 1 heterocycles. The first-order valence-corrected chi connectivity index (χ1v) is 6.48. The molecule has 6 heteroatoms. The number of methoxy groups -OCH3 is 2. The molecule has 0 aliphatic rings. The number of carboxylic acids is 1. The molecule has 0 fully saturated rings. The molecule has 0 spiro atoms. The Labute approximate surface area is 125 Å². The normalized spacial score (nSPS) is 10.6. The fourth-order valence-corrected chi connectivity index (χ4v) is 2.11. The third-order valence-corrected chi connectivity index (χ3v) is 3.23. The molecular weight excluding hydrogens is 286 g/mol. The van der Waals surface area contributed by atoms with Gasteiger partial charge in [0.2, 0.25) is 5.89 Å². The minimum Gasteiger partial charge on any atom is -0.497 e. The van der Waals surface area contributed by atoms with Crippen LogP contribution in [0.2, 0.25) is 0 Å². The van der Waals surface area contributed by atoms with Crippen LogP contribution in [-0.4, -0.2) is 30.3 Å². The van der Waals surface area contributed by atoms with Gasteiger partial charge in [-0.2, -0.15) is 0 Å². The number of rotatable bonds is 4. The summed E-state index contributed by atoms with van der Waals surface area (Å²) in [6.45, 7) is 0. The van der Waals surface area contributed by atoms with Gasteiger partial charge in [-0.1, -0.05) is 0 Å². The van der Waals surface area contributed by atoms with Crippen molar-refractivity contribution in [3.05, 3.63) is 42.0 Å². The minimum absolute atomic E-state index is 0.163. The molecule has 1 N–H and O–H groups in total. The van der Waals surface area contributed by atoms with E-state index in [4.69, 9.17) is 19.0 Å². The third-order valence-electron chi connectivity index (χ3n) is 3.23. The lowest BCUT2D eigenvalue weighted by molar-refractivity contribution is 0.0697. The Balaban J connectivity index is 2.11. The number of benzene rings is 2. The Bertz CT molecular complexity index is 831. The monoisotopic (exact) mass is 299 g/mol. The summed E-state index contributed by atoms with van der Waals surface area (Å²) in [5.41, 5.74) is 1.85. The van der Waals surface area contributed by atoms with Crippen LogP contribution in [0.3, 0.4) is 0 Å². The fraction of sp³-hybridized carbons (Fsp3) is 0.125. The van der Waals surface area contributed by atoms with Crippen molar-refractivity contribution in [1.29, 1.82) is 0 Å². The van der Waals surface area contributed by atoms with Crippen LogP contribution in [0.25, 0.3) is 22.6 Å². The van der Waals surface area contributed by atoms with Crippen molar-refractivity contribution in [3.8, 4) is 23.0 Å². The number of oxazole rings is 1. The number of aromatic nitrogens is 1. The number of hydrogen-bond donors (Lipinski definition) is 1. The molecule has 0 saturated carbocycles. The minimum atomic E-state index is -1.01. The van der Waals surface area contributed by atoms with E-state index in [9.17, 15) is 4.79 Å². The lowest BCUT2D eigenvalue weighted by atomic mass is 10.2. The number of nitrogens with zero attached hydrogens (tertiary/aromatic N) is 1. The number of aromatic carboxylic acids is 1. The highest BCUT2D eigenvalue weighted by Gasteiger charge is 2.13. The second-order valence-electron chi connectivity index (χ2n) is 4.61. The molecule has 22 heavy (non-hydrogen) atoms. The Morgan fingerprint density at radius 1 is 1.09 bits per heavy atom. The average molecular weight is 299 g/mol. The maximum atomic E-state index is 11.0. The van der Waals surface area contributed by atoms with Gasteiger partial charge in [0.05, 0.1) is 19.8 Å². The SMILES string of the molecule is COc1cc(OC)cc(-c2nc3cc(C(=O)O)ccc3o2)c1. The molecule has 112 valence electrons. The standard InChI is InChI=1S/C16H13NO5/c1-20-11-5-10(6-12(8-11)21-2)15-17-13-7-9(16(18)19)3-4-14(13)22-15/h3-8H,1-2H3,(H,18,19). The van der Waals surface area contributed by atoms with Gasteiger partial charge in [0, 0.05) is 11.6 Å². The molecule has 0 aliphatic carbocycles. The van der Waals surface area contributed by atoms with E-state index in [1.807, 2.05) is 0 Å². The van der Waals surface area contributed by atoms with Crippen LogP contribution in [0.15, 0.2) is 40.8 Å². The zero-order valence-corrected chi connectivity index (χ0v) is 12.0. The summed E-state index contributed by atoms with van der Waals surface area (Å²) in [6, 6.07) is 9.83. The summed E-state index contributed by atoms with van der Waals surface area (Å²) in [5.74, 6) is 0.593. The predicted molar refractivity (Wildman–Crippen MR) is 79.5 cm³/mol. The summed E-state index contributed by atoms with van der Waals surface area (Å²) in [4.78, 5) is 15.3. The van der Waals surface area contributed by atoms with Gasteiger partial charge in [-0.05, 0) is 30.3 Å². The van der Waals surface area contributed by atoms with Crippen molar-refractivity contribution in [2.75, 3.05) is 14.2 Å². The van der Waals surface area contributed by atoms with Crippen LogP contribution in [-0.2, 0) is 0 Å². The van der Waals surface area contributed by atoms with Gasteiger partial charge in [0.25, 0.3) is 0 Å². The van der Waals surface area contributed by atoms with Crippen LogP contribution in [0.1, 0.15) is 10.4 Å². The average Bonchev–Trinajstić information content (AvgIpc) is 2.97. The molecule has 6 nitrogen and oxygen atoms in total. The molecule has 0 amide bonds. The maximum absolute atomic E-state index is 11.0.